The predicted octanol–water partition coefficient (Wildman–Crippen LogP) is 3.69. The van der Waals surface area contributed by atoms with Crippen molar-refractivity contribution in [3.05, 3.63) is 33.8 Å². The van der Waals surface area contributed by atoms with Crippen LogP contribution in [0.3, 0.4) is 0 Å². The van der Waals surface area contributed by atoms with E-state index in [1.165, 1.54) is 0 Å². The third kappa shape index (κ3) is 3.14. The summed E-state index contributed by atoms with van der Waals surface area (Å²) in [6.45, 7) is 2.00. The lowest BCUT2D eigenvalue weighted by atomic mass is 10.1. The fourth-order valence-corrected chi connectivity index (χ4v) is 2.04. The molecular formula is C11H13BrOS. The highest BCUT2D eigenvalue weighted by molar-refractivity contribution is 9.10. The van der Waals surface area contributed by atoms with E-state index in [9.17, 15) is 4.79 Å². The summed E-state index contributed by atoms with van der Waals surface area (Å²) in [5, 5.41) is 0. The lowest BCUT2D eigenvalue weighted by Gasteiger charge is -2.04. The van der Waals surface area contributed by atoms with Gasteiger partial charge >= 0.3 is 0 Å². The third-order valence-corrected chi connectivity index (χ3v) is 3.26. The molecule has 1 nitrogen and oxygen atoms in total. The van der Waals surface area contributed by atoms with E-state index in [1.807, 2.05) is 31.4 Å². The number of hydrogen-bond acceptors (Lipinski definition) is 2. The Kier molecular flexibility index (Phi) is 4.69. The van der Waals surface area contributed by atoms with Crippen LogP contribution in [0.25, 0.3) is 0 Å². The quantitative estimate of drug-likeness (QED) is 0.778. The van der Waals surface area contributed by atoms with Gasteiger partial charge in [-0.2, -0.15) is 11.8 Å². The number of Topliss-reactive ketones (excluding diaryl/α,β-unsaturated/α-hetero) is 1. The highest BCUT2D eigenvalue weighted by Crippen LogP contribution is 2.20. The van der Waals surface area contributed by atoms with Gasteiger partial charge in [-0.25, -0.2) is 0 Å². The van der Waals surface area contributed by atoms with Crippen LogP contribution in [-0.2, 0) is 0 Å². The highest BCUT2D eigenvalue weighted by atomic mass is 79.9. The maximum atomic E-state index is 11.7. The molecule has 0 saturated carbocycles. The minimum absolute atomic E-state index is 0.218. The summed E-state index contributed by atoms with van der Waals surface area (Å²) < 4.78 is 0.897. The molecule has 14 heavy (non-hydrogen) atoms. The summed E-state index contributed by atoms with van der Waals surface area (Å²) >= 11 is 5.09. The zero-order chi connectivity index (χ0) is 10.6. The van der Waals surface area contributed by atoms with Crippen molar-refractivity contribution in [2.24, 2.45) is 0 Å². The Hall–Kier alpha value is -0.280. The van der Waals surface area contributed by atoms with Gasteiger partial charge < -0.3 is 0 Å². The zero-order valence-corrected chi connectivity index (χ0v) is 10.7. The highest BCUT2D eigenvalue weighted by Gasteiger charge is 2.09. The molecule has 0 unspecified atom stereocenters. The minimum Gasteiger partial charge on any atom is -0.294 e. The molecule has 1 aromatic carbocycles. The van der Waals surface area contributed by atoms with E-state index >= 15 is 0 Å². The van der Waals surface area contributed by atoms with Gasteiger partial charge in [0.1, 0.15) is 0 Å². The van der Waals surface area contributed by atoms with E-state index in [1.54, 1.807) is 11.8 Å². The van der Waals surface area contributed by atoms with E-state index in [4.69, 9.17) is 0 Å². The summed E-state index contributed by atoms with van der Waals surface area (Å²) in [6, 6.07) is 5.86. The number of benzene rings is 1. The Balaban J connectivity index is 2.83. The summed E-state index contributed by atoms with van der Waals surface area (Å²) in [6.07, 6.45) is 2.63. The zero-order valence-electron chi connectivity index (χ0n) is 8.34. The standard InChI is InChI=1S/C11H13BrOS/c1-8-3-4-10(12)9(7-8)11(13)5-6-14-2/h3-4,7H,5-6H2,1-2H3. The molecule has 0 radical (unpaired) electrons. The van der Waals surface area contributed by atoms with Crippen molar-refractivity contribution in [3.8, 4) is 0 Å². The van der Waals surface area contributed by atoms with Gasteiger partial charge in [-0.3, -0.25) is 4.79 Å². The first-order valence-corrected chi connectivity index (χ1v) is 6.62. The number of hydrogen-bond donors (Lipinski definition) is 0. The van der Waals surface area contributed by atoms with Crippen LogP contribution in [0.15, 0.2) is 22.7 Å². The van der Waals surface area contributed by atoms with Crippen LogP contribution in [-0.4, -0.2) is 17.8 Å². The molecule has 0 heterocycles. The molecule has 0 aromatic heterocycles. The van der Waals surface area contributed by atoms with E-state index in [0.717, 1.165) is 21.4 Å². The maximum absolute atomic E-state index is 11.7. The molecule has 3 heteroatoms. The van der Waals surface area contributed by atoms with Gasteiger partial charge in [-0.1, -0.05) is 27.6 Å². The normalized spacial score (nSPS) is 10.2. The van der Waals surface area contributed by atoms with Crippen molar-refractivity contribution in [3.63, 3.8) is 0 Å². The average Bonchev–Trinajstić information content (AvgIpc) is 2.18. The second kappa shape index (κ2) is 5.56. The molecule has 0 spiro atoms. The molecule has 0 atom stereocenters. The number of aryl methyl sites for hydroxylation is 1. The Bertz CT molecular complexity index is 336. The Labute approximate surface area is 97.4 Å². The third-order valence-electron chi connectivity index (χ3n) is 1.96. The number of carbonyl (C=O) groups is 1. The monoisotopic (exact) mass is 272 g/mol. The molecule has 0 aliphatic carbocycles. The van der Waals surface area contributed by atoms with Crippen molar-refractivity contribution in [1.29, 1.82) is 0 Å². The van der Waals surface area contributed by atoms with Gasteiger partial charge in [0.15, 0.2) is 5.78 Å². The molecule has 0 amide bonds. The Morgan fingerprint density at radius 3 is 2.86 bits per heavy atom. The summed E-state index contributed by atoms with van der Waals surface area (Å²) in [4.78, 5) is 11.7. The molecule has 0 fully saturated rings. The summed E-state index contributed by atoms with van der Waals surface area (Å²) in [5.41, 5.74) is 1.93. The van der Waals surface area contributed by atoms with Crippen LogP contribution < -0.4 is 0 Å². The molecule has 0 aliphatic heterocycles. The summed E-state index contributed by atoms with van der Waals surface area (Å²) in [7, 11) is 0. The molecule has 1 rings (SSSR count). The van der Waals surface area contributed by atoms with Crippen molar-refractivity contribution in [1.82, 2.24) is 0 Å². The van der Waals surface area contributed by atoms with Gasteiger partial charge in [0.25, 0.3) is 0 Å². The van der Waals surface area contributed by atoms with Crippen molar-refractivity contribution < 1.29 is 4.79 Å². The van der Waals surface area contributed by atoms with Crippen molar-refractivity contribution in [2.75, 3.05) is 12.0 Å². The summed E-state index contributed by atoms with van der Waals surface area (Å²) in [5.74, 6) is 1.11. The van der Waals surface area contributed by atoms with Crippen LogP contribution in [0.1, 0.15) is 22.3 Å². The maximum Gasteiger partial charge on any atom is 0.164 e. The second-order valence-corrected chi connectivity index (χ2v) is 4.99. The molecule has 76 valence electrons. The largest absolute Gasteiger partial charge is 0.294 e. The second-order valence-electron chi connectivity index (χ2n) is 3.15. The molecule has 0 bridgehead atoms. The lowest BCUT2D eigenvalue weighted by Crippen LogP contribution is -2.01. The lowest BCUT2D eigenvalue weighted by molar-refractivity contribution is 0.0988. The molecular weight excluding hydrogens is 260 g/mol. The molecule has 0 N–H and O–H groups in total. The fourth-order valence-electron chi connectivity index (χ4n) is 1.18. The number of thioether (sulfide) groups is 1. The number of halogens is 1. The number of ketones is 1. The molecule has 1 aromatic rings. The first-order valence-electron chi connectivity index (χ1n) is 4.43. The molecule has 0 saturated heterocycles. The SMILES string of the molecule is CSCCC(=O)c1cc(C)ccc1Br. The fraction of sp³-hybridized carbons (Fsp3) is 0.364. The van der Waals surface area contributed by atoms with E-state index in [-0.39, 0.29) is 5.78 Å². The van der Waals surface area contributed by atoms with Gasteiger partial charge in [-0.15, -0.1) is 0 Å². The van der Waals surface area contributed by atoms with Gasteiger partial charge in [0.05, 0.1) is 0 Å². The van der Waals surface area contributed by atoms with Crippen LogP contribution in [0.5, 0.6) is 0 Å². The van der Waals surface area contributed by atoms with Crippen LogP contribution in [0.2, 0.25) is 0 Å². The van der Waals surface area contributed by atoms with Gasteiger partial charge in [-0.05, 0) is 25.3 Å². The predicted molar refractivity (Wildman–Crippen MR) is 66.2 cm³/mol. The number of carbonyl (C=O) groups excluding carboxylic acids is 1. The van der Waals surface area contributed by atoms with Gasteiger partial charge in [0.2, 0.25) is 0 Å². The smallest absolute Gasteiger partial charge is 0.164 e. The van der Waals surface area contributed by atoms with E-state index in [2.05, 4.69) is 15.9 Å². The average molecular weight is 273 g/mol. The Morgan fingerprint density at radius 2 is 2.21 bits per heavy atom. The number of rotatable bonds is 4. The van der Waals surface area contributed by atoms with Crippen molar-refractivity contribution >= 4 is 33.5 Å². The van der Waals surface area contributed by atoms with E-state index in [0.29, 0.717) is 6.42 Å². The molecule has 0 aliphatic rings. The van der Waals surface area contributed by atoms with E-state index < -0.39 is 0 Å². The van der Waals surface area contributed by atoms with Crippen molar-refractivity contribution in [2.45, 2.75) is 13.3 Å². The van der Waals surface area contributed by atoms with Crippen LogP contribution >= 0.6 is 27.7 Å². The van der Waals surface area contributed by atoms with Crippen LogP contribution in [0, 0.1) is 6.92 Å². The van der Waals surface area contributed by atoms with Crippen LogP contribution in [0.4, 0.5) is 0 Å². The topological polar surface area (TPSA) is 17.1 Å². The minimum atomic E-state index is 0.218. The van der Waals surface area contributed by atoms with Gasteiger partial charge in [0, 0.05) is 22.2 Å². The first-order chi connectivity index (χ1) is 6.65. The first kappa shape index (κ1) is 11.8. The Morgan fingerprint density at radius 1 is 1.50 bits per heavy atom.